The Hall–Kier alpha value is -2.41. The van der Waals surface area contributed by atoms with Crippen LogP contribution in [0.15, 0.2) is 30.3 Å². The number of nitrogens with zero attached hydrogens (tertiary/aromatic N) is 2. The molecule has 0 saturated heterocycles. The van der Waals surface area contributed by atoms with Gasteiger partial charge >= 0.3 is 0 Å². The molecule has 0 radical (unpaired) electrons. The van der Waals surface area contributed by atoms with Crippen LogP contribution in [0.5, 0.6) is 0 Å². The van der Waals surface area contributed by atoms with Crippen LogP contribution in [0.2, 0.25) is 0 Å². The van der Waals surface area contributed by atoms with E-state index in [0.29, 0.717) is 12.0 Å². The molecule has 4 nitrogen and oxygen atoms in total. The number of aromatic nitrogens is 1. The molecule has 4 heteroatoms. The number of para-hydroxylation sites is 1. The van der Waals surface area contributed by atoms with Gasteiger partial charge in [0.25, 0.3) is 5.91 Å². The molecular weight excluding hydrogens is 238 g/mol. The summed E-state index contributed by atoms with van der Waals surface area (Å²) in [4.78, 5) is 16.6. The van der Waals surface area contributed by atoms with Crippen molar-refractivity contribution >= 4 is 16.8 Å². The van der Waals surface area contributed by atoms with Crippen molar-refractivity contribution in [3.05, 3.63) is 41.6 Å². The summed E-state index contributed by atoms with van der Waals surface area (Å²) in [5, 5.41) is 12.3. The monoisotopic (exact) mass is 253 g/mol. The number of carbonyl (C=O) groups excluding carboxylic acids is 1. The van der Waals surface area contributed by atoms with Crippen LogP contribution in [0.4, 0.5) is 0 Å². The number of aryl methyl sites for hydroxylation is 1. The van der Waals surface area contributed by atoms with Crippen LogP contribution in [0.25, 0.3) is 10.9 Å². The summed E-state index contributed by atoms with van der Waals surface area (Å²) >= 11 is 0. The molecule has 0 aliphatic rings. The molecule has 0 fully saturated rings. The second-order valence-electron chi connectivity index (χ2n) is 4.57. The van der Waals surface area contributed by atoms with E-state index in [1.165, 1.54) is 0 Å². The lowest BCUT2D eigenvalue weighted by Gasteiger charge is -2.12. The smallest absolute Gasteiger partial charge is 0.252 e. The van der Waals surface area contributed by atoms with Crippen molar-refractivity contribution in [1.29, 1.82) is 5.26 Å². The minimum Gasteiger partial charge on any atom is -0.349 e. The number of pyridine rings is 1. The van der Waals surface area contributed by atoms with E-state index in [2.05, 4.69) is 10.3 Å². The van der Waals surface area contributed by atoms with Crippen LogP contribution in [-0.4, -0.2) is 16.9 Å². The van der Waals surface area contributed by atoms with Crippen molar-refractivity contribution in [1.82, 2.24) is 10.3 Å². The van der Waals surface area contributed by atoms with E-state index < -0.39 is 0 Å². The van der Waals surface area contributed by atoms with Gasteiger partial charge in [0.1, 0.15) is 0 Å². The van der Waals surface area contributed by atoms with Crippen molar-refractivity contribution in [2.75, 3.05) is 0 Å². The van der Waals surface area contributed by atoms with Crippen LogP contribution >= 0.6 is 0 Å². The summed E-state index contributed by atoms with van der Waals surface area (Å²) < 4.78 is 0. The predicted octanol–water partition coefficient (Wildman–Crippen LogP) is 2.58. The number of benzene rings is 1. The molecule has 1 aromatic carbocycles. The van der Waals surface area contributed by atoms with E-state index in [-0.39, 0.29) is 11.9 Å². The Balaban J connectivity index is 2.39. The second-order valence-corrected chi connectivity index (χ2v) is 4.57. The number of nitrogens with one attached hydrogen (secondary N) is 1. The summed E-state index contributed by atoms with van der Waals surface area (Å²) in [6, 6.07) is 11.2. The standard InChI is InChI=1S/C15H15N3O/c1-10(7-8-16)18-15(19)13-9-11(2)17-14-6-4-3-5-12(13)14/h3-6,9-10H,7H2,1-2H3,(H,18,19). The largest absolute Gasteiger partial charge is 0.349 e. The molecule has 19 heavy (non-hydrogen) atoms. The van der Waals surface area contributed by atoms with Crippen LogP contribution in [0, 0.1) is 18.3 Å². The first-order valence-corrected chi connectivity index (χ1v) is 6.16. The van der Waals surface area contributed by atoms with E-state index in [1.54, 1.807) is 6.07 Å². The van der Waals surface area contributed by atoms with Gasteiger partial charge in [-0.1, -0.05) is 18.2 Å². The first-order chi connectivity index (χ1) is 9.11. The van der Waals surface area contributed by atoms with Gasteiger partial charge in [-0.2, -0.15) is 5.26 Å². The second kappa shape index (κ2) is 5.49. The molecule has 0 saturated carbocycles. The molecule has 2 aromatic rings. The first-order valence-electron chi connectivity index (χ1n) is 6.16. The molecule has 1 heterocycles. The Morgan fingerprint density at radius 2 is 2.21 bits per heavy atom. The molecule has 0 bridgehead atoms. The molecule has 1 N–H and O–H groups in total. The molecule has 0 aliphatic carbocycles. The lowest BCUT2D eigenvalue weighted by Crippen LogP contribution is -2.32. The van der Waals surface area contributed by atoms with Crippen molar-refractivity contribution in [2.45, 2.75) is 26.3 Å². The molecule has 0 aliphatic heterocycles. The lowest BCUT2D eigenvalue weighted by atomic mass is 10.1. The maximum atomic E-state index is 12.2. The number of carbonyl (C=O) groups is 1. The SMILES string of the molecule is Cc1cc(C(=O)NC(C)CC#N)c2ccccc2n1. The van der Waals surface area contributed by atoms with Gasteiger partial charge in [-0.3, -0.25) is 9.78 Å². The molecule has 0 spiro atoms. The maximum absolute atomic E-state index is 12.2. The van der Waals surface area contributed by atoms with Gasteiger partial charge < -0.3 is 5.32 Å². The van der Waals surface area contributed by atoms with Gasteiger partial charge in [0.2, 0.25) is 0 Å². The van der Waals surface area contributed by atoms with Crippen LogP contribution in [-0.2, 0) is 0 Å². The zero-order valence-corrected chi connectivity index (χ0v) is 11.0. The fourth-order valence-corrected chi connectivity index (χ4v) is 1.99. The van der Waals surface area contributed by atoms with E-state index in [0.717, 1.165) is 16.6 Å². The number of hydrogen-bond donors (Lipinski definition) is 1. The molecule has 2 rings (SSSR count). The summed E-state index contributed by atoms with van der Waals surface area (Å²) in [5.74, 6) is -0.163. The molecule has 1 amide bonds. The molecule has 1 aromatic heterocycles. The van der Waals surface area contributed by atoms with Crippen LogP contribution in [0.3, 0.4) is 0 Å². The number of nitriles is 1. The molecular formula is C15H15N3O. The summed E-state index contributed by atoms with van der Waals surface area (Å²) in [6.45, 7) is 3.68. The quantitative estimate of drug-likeness (QED) is 0.914. The predicted molar refractivity (Wildman–Crippen MR) is 73.6 cm³/mol. The zero-order chi connectivity index (χ0) is 13.8. The van der Waals surface area contributed by atoms with E-state index in [9.17, 15) is 4.79 Å². The lowest BCUT2D eigenvalue weighted by molar-refractivity contribution is 0.0942. The van der Waals surface area contributed by atoms with E-state index in [4.69, 9.17) is 5.26 Å². The van der Waals surface area contributed by atoms with Gasteiger partial charge in [-0.25, -0.2) is 0 Å². The minimum atomic E-state index is -0.163. The number of amides is 1. The van der Waals surface area contributed by atoms with Crippen molar-refractivity contribution < 1.29 is 4.79 Å². The highest BCUT2D eigenvalue weighted by molar-refractivity contribution is 6.06. The van der Waals surface area contributed by atoms with Crippen molar-refractivity contribution in [3.8, 4) is 6.07 Å². The number of rotatable bonds is 3. The van der Waals surface area contributed by atoms with Gasteiger partial charge in [-0.15, -0.1) is 0 Å². The Bertz CT molecular complexity index is 658. The third-order valence-electron chi connectivity index (χ3n) is 2.86. The van der Waals surface area contributed by atoms with Crippen molar-refractivity contribution in [3.63, 3.8) is 0 Å². The number of fused-ring (bicyclic) bond motifs is 1. The maximum Gasteiger partial charge on any atom is 0.252 e. The highest BCUT2D eigenvalue weighted by Crippen LogP contribution is 2.18. The van der Waals surface area contributed by atoms with E-state index in [1.807, 2.05) is 44.2 Å². The van der Waals surface area contributed by atoms with E-state index >= 15 is 0 Å². The fraction of sp³-hybridized carbons (Fsp3) is 0.267. The average Bonchev–Trinajstić information content (AvgIpc) is 2.37. The molecule has 1 unspecified atom stereocenters. The fourth-order valence-electron chi connectivity index (χ4n) is 1.99. The summed E-state index contributed by atoms with van der Waals surface area (Å²) in [6.07, 6.45) is 0.299. The van der Waals surface area contributed by atoms with Gasteiger partial charge in [0.05, 0.1) is 23.6 Å². The summed E-state index contributed by atoms with van der Waals surface area (Å²) in [7, 11) is 0. The Labute approximate surface area is 112 Å². The Morgan fingerprint density at radius 1 is 1.47 bits per heavy atom. The Morgan fingerprint density at radius 3 is 2.95 bits per heavy atom. The topological polar surface area (TPSA) is 65.8 Å². The average molecular weight is 253 g/mol. The molecule has 96 valence electrons. The van der Waals surface area contributed by atoms with Gasteiger partial charge in [0, 0.05) is 17.1 Å². The third kappa shape index (κ3) is 2.89. The van der Waals surface area contributed by atoms with Crippen LogP contribution in [0.1, 0.15) is 29.4 Å². The molecule has 1 atom stereocenters. The van der Waals surface area contributed by atoms with Crippen molar-refractivity contribution in [2.24, 2.45) is 0 Å². The first kappa shape index (κ1) is 13.0. The highest BCUT2D eigenvalue weighted by atomic mass is 16.1. The third-order valence-corrected chi connectivity index (χ3v) is 2.86. The zero-order valence-electron chi connectivity index (χ0n) is 11.0. The highest BCUT2D eigenvalue weighted by Gasteiger charge is 2.13. The van der Waals surface area contributed by atoms with Gasteiger partial charge in [-0.05, 0) is 26.0 Å². The van der Waals surface area contributed by atoms with Gasteiger partial charge in [0.15, 0.2) is 0 Å². The van der Waals surface area contributed by atoms with Crippen LogP contribution < -0.4 is 5.32 Å². The Kier molecular flexibility index (Phi) is 3.76. The number of hydrogen-bond acceptors (Lipinski definition) is 3. The summed E-state index contributed by atoms with van der Waals surface area (Å²) in [5.41, 5.74) is 2.21. The normalized spacial score (nSPS) is 11.8. The minimum absolute atomic E-state index is 0.162.